The van der Waals surface area contributed by atoms with Gasteiger partial charge < -0.3 is 0 Å². The van der Waals surface area contributed by atoms with Crippen molar-refractivity contribution in [2.75, 3.05) is 19.7 Å². The van der Waals surface area contributed by atoms with Crippen molar-refractivity contribution in [3.63, 3.8) is 0 Å². The van der Waals surface area contributed by atoms with Gasteiger partial charge in [-0.15, -0.1) is 11.6 Å². The molecule has 1 atom stereocenters. The fourth-order valence-corrected chi connectivity index (χ4v) is 0.962. The van der Waals surface area contributed by atoms with Gasteiger partial charge in [0.1, 0.15) is 0 Å². The zero-order valence-electron chi connectivity index (χ0n) is 4.77. The number of halogens is 2. The van der Waals surface area contributed by atoms with Crippen LogP contribution in [0, 0.1) is 0 Å². The van der Waals surface area contributed by atoms with E-state index >= 15 is 0 Å². The first kappa shape index (κ1) is 8.83. The molecule has 0 aromatic rings. The number of rotatable bonds is 2. The van der Waals surface area contributed by atoms with Crippen LogP contribution in [0.4, 0.5) is 4.20 Å². The molecule has 0 amide bonds. The fraction of sp³-hybridized carbons (Fsp3) is 1.00. The molecule has 0 radical (unpaired) electrons. The van der Waals surface area contributed by atoms with Crippen molar-refractivity contribution in [2.24, 2.45) is 0 Å². The van der Waals surface area contributed by atoms with E-state index in [1.54, 1.807) is 14.1 Å². The molecule has 5 heteroatoms. The molecule has 0 heterocycles. The molecule has 0 aliphatic heterocycles. The summed E-state index contributed by atoms with van der Waals surface area (Å²) < 4.78 is 14.0. The Morgan fingerprint density at radius 2 is 2.12 bits per heavy atom. The molecule has 0 bridgehead atoms. The van der Waals surface area contributed by atoms with Gasteiger partial charge in [0.15, 0.2) is 6.50 Å². The number of hydrogen-bond donors (Lipinski definition) is 0. The van der Waals surface area contributed by atoms with Crippen LogP contribution in [0.3, 0.4) is 0 Å². The predicted molar refractivity (Wildman–Crippen MR) is 39.8 cm³/mol. The maximum absolute atomic E-state index is 12.7. The topological polar surface area (TPSA) is 3.24 Å². The lowest BCUT2D eigenvalue weighted by atomic mass is 11.3. The van der Waals surface area contributed by atoms with E-state index in [9.17, 15) is 4.20 Å². The van der Waals surface area contributed by atoms with E-state index < -0.39 is 6.50 Å². The lowest BCUT2D eigenvalue weighted by molar-refractivity contribution is 0.625. The molecule has 0 rings (SSSR count). The van der Waals surface area contributed by atoms with Crippen LogP contribution in [0.25, 0.3) is 0 Å². The minimum atomic E-state index is -2.81. The van der Waals surface area contributed by atoms with E-state index in [0.717, 1.165) is 0 Å². The largest absolute Gasteiger partial charge is 0.256 e. The first-order valence-corrected chi connectivity index (χ1v) is 5.40. The standard InChI is InChI=1S/C3H8ClFNPS/c1-6(2)7(5,8)3-4/h3H2,1-2H3. The van der Waals surface area contributed by atoms with Gasteiger partial charge in [-0.25, -0.2) is 0 Å². The second kappa shape index (κ2) is 3.11. The SMILES string of the molecule is CN(C)P(F)(=S)CCl. The zero-order valence-corrected chi connectivity index (χ0v) is 7.23. The molecule has 0 spiro atoms. The quantitative estimate of drug-likeness (QED) is 0.467. The van der Waals surface area contributed by atoms with Gasteiger partial charge in [-0.2, -0.15) is 4.20 Å². The lowest BCUT2D eigenvalue weighted by Crippen LogP contribution is -2.04. The molecule has 1 unspecified atom stereocenters. The maximum atomic E-state index is 12.7. The summed E-state index contributed by atoms with van der Waals surface area (Å²) in [5.74, 6) is 0. The summed E-state index contributed by atoms with van der Waals surface area (Å²) in [4.78, 5) is 0. The smallest absolute Gasteiger partial charge is 0.191 e. The van der Waals surface area contributed by atoms with Crippen LogP contribution in [0.2, 0.25) is 0 Å². The average Bonchev–Trinajstić information content (AvgIpc) is 1.67. The van der Waals surface area contributed by atoms with E-state index in [0.29, 0.717) is 0 Å². The number of alkyl halides is 1. The molecular formula is C3H8ClFNPS. The van der Waals surface area contributed by atoms with Gasteiger partial charge in [-0.05, 0) is 25.9 Å². The predicted octanol–water partition coefficient (Wildman–Crippen LogP) is 2.02. The molecule has 0 aliphatic rings. The summed E-state index contributed by atoms with van der Waals surface area (Å²) in [6, 6.07) is 0. The monoisotopic (exact) mass is 175 g/mol. The second-order valence-electron chi connectivity index (χ2n) is 1.58. The molecule has 0 N–H and O–H groups in total. The maximum Gasteiger partial charge on any atom is 0.191 e. The van der Waals surface area contributed by atoms with E-state index in [1.807, 2.05) is 0 Å². The number of nitrogens with zero attached hydrogens (tertiary/aromatic N) is 1. The Morgan fingerprint density at radius 1 is 1.75 bits per heavy atom. The van der Waals surface area contributed by atoms with Crippen molar-refractivity contribution in [1.82, 2.24) is 4.67 Å². The Morgan fingerprint density at radius 3 is 2.12 bits per heavy atom. The van der Waals surface area contributed by atoms with Crippen LogP contribution in [0.15, 0.2) is 0 Å². The van der Waals surface area contributed by atoms with Crippen molar-refractivity contribution in [3.05, 3.63) is 0 Å². The Kier molecular flexibility index (Phi) is 3.44. The highest BCUT2D eigenvalue weighted by Crippen LogP contribution is 2.50. The first-order chi connectivity index (χ1) is 3.50. The van der Waals surface area contributed by atoms with Gasteiger partial charge >= 0.3 is 0 Å². The van der Waals surface area contributed by atoms with Crippen molar-refractivity contribution in [3.8, 4) is 0 Å². The van der Waals surface area contributed by atoms with Gasteiger partial charge in [-0.1, -0.05) is 0 Å². The molecule has 0 fully saturated rings. The van der Waals surface area contributed by atoms with Crippen molar-refractivity contribution in [2.45, 2.75) is 0 Å². The highest BCUT2D eigenvalue weighted by atomic mass is 35.5. The molecule has 0 saturated heterocycles. The molecule has 0 saturated carbocycles. The highest BCUT2D eigenvalue weighted by Gasteiger charge is 2.15. The molecule has 8 heavy (non-hydrogen) atoms. The number of hydrogen-bond acceptors (Lipinski definition) is 1. The third kappa shape index (κ3) is 2.40. The summed E-state index contributed by atoms with van der Waals surface area (Å²) in [7, 11) is 3.20. The van der Waals surface area contributed by atoms with Gasteiger partial charge in [0.05, 0.1) is 5.62 Å². The second-order valence-corrected chi connectivity index (χ2v) is 6.25. The lowest BCUT2D eigenvalue weighted by Gasteiger charge is -2.15. The zero-order chi connectivity index (χ0) is 6.78. The summed E-state index contributed by atoms with van der Waals surface area (Å²) in [5, 5.41) is 0. The summed E-state index contributed by atoms with van der Waals surface area (Å²) in [5.41, 5.74) is -0.0602. The van der Waals surface area contributed by atoms with Gasteiger partial charge in [0.25, 0.3) is 0 Å². The van der Waals surface area contributed by atoms with Crippen LogP contribution < -0.4 is 0 Å². The van der Waals surface area contributed by atoms with E-state index in [1.165, 1.54) is 4.67 Å². The van der Waals surface area contributed by atoms with Gasteiger partial charge in [-0.3, -0.25) is 4.67 Å². The van der Waals surface area contributed by atoms with Crippen molar-refractivity contribution < 1.29 is 4.20 Å². The van der Waals surface area contributed by atoms with Crippen LogP contribution >= 0.6 is 18.1 Å². The Balaban J connectivity index is 3.93. The normalized spacial score (nSPS) is 18.6. The van der Waals surface area contributed by atoms with E-state index in [4.69, 9.17) is 11.6 Å². The first-order valence-electron chi connectivity index (χ1n) is 2.03. The van der Waals surface area contributed by atoms with Crippen LogP contribution in [0.5, 0.6) is 0 Å². The Labute approximate surface area is 59.0 Å². The highest BCUT2D eigenvalue weighted by molar-refractivity contribution is 8.11. The molecule has 0 aromatic heterocycles. The molecular weight excluding hydrogens is 168 g/mol. The Hall–Kier alpha value is 0.830. The minimum absolute atomic E-state index is 0.0602. The summed E-state index contributed by atoms with van der Waals surface area (Å²) >= 11 is 9.72. The van der Waals surface area contributed by atoms with Crippen LogP contribution in [0.1, 0.15) is 0 Å². The van der Waals surface area contributed by atoms with Crippen LogP contribution in [-0.2, 0) is 11.8 Å². The third-order valence-corrected chi connectivity index (χ3v) is 4.98. The average molecular weight is 176 g/mol. The molecule has 0 aliphatic carbocycles. The van der Waals surface area contributed by atoms with E-state index in [-0.39, 0.29) is 5.62 Å². The van der Waals surface area contributed by atoms with Crippen molar-refractivity contribution in [1.29, 1.82) is 0 Å². The summed E-state index contributed by atoms with van der Waals surface area (Å²) in [6.07, 6.45) is 0. The van der Waals surface area contributed by atoms with Gasteiger partial charge in [0.2, 0.25) is 0 Å². The minimum Gasteiger partial charge on any atom is -0.256 e. The third-order valence-electron chi connectivity index (χ3n) is 0.745. The van der Waals surface area contributed by atoms with Crippen LogP contribution in [-0.4, -0.2) is 24.4 Å². The summed E-state index contributed by atoms with van der Waals surface area (Å²) in [6.45, 7) is -2.81. The van der Waals surface area contributed by atoms with Gasteiger partial charge in [0, 0.05) is 0 Å². The Bertz CT molecular complexity index is 118. The fourth-order valence-electron chi connectivity index (χ4n) is 0.107. The molecule has 50 valence electrons. The molecule has 0 aromatic carbocycles. The van der Waals surface area contributed by atoms with E-state index in [2.05, 4.69) is 11.8 Å². The van der Waals surface area contributed by atoms with Crippen molar-refractivity contribution >= 4 is 29.9 Å². The molecule has 1 nitrogen and oxygen atoms in total.